The van der Waals surface area contributed by atoms with Gasteiger partial charge >= 0.3 is 0 Å². The van der Waals surface area contributed by atoms with Crippen molar-refractivity contribution in [3.8, 4) is 23.3 Å². The maximum absolute atomic E-state index is 13.5. The van der Waals surface area contributed by atoms with Crippen molar-refractivity contribution in [2.45, 2.75) is 0 Å². The minimum absolute atomic E-state index is 0. The fourth-order valence-electron chi connectivity index (χ4n) is 2.64. The monoisotopic (exact) mass is 633 g/mol. The number of hydrogen-bond acceptors (Lipinski definition) is 2. The first-order chi connectivity index (χ1) is 18.3. The van der Waals surface area contributed by atoms with Crippen LogP contribution >= 0.6 is 15.9 Å². The molecule has 2 nitrogen and oxygen atoms in total. The minimum atomic E-state index is -2.20. The Morgan fingerprint density at radius 2 is 0.800 bits per heavy atom. The van der Waals surface area contributed by atoms with Crippen LogP contribution in [-0.2, 0) is 0 Å². The van der Waals surface area contributed by atoms with Crippen LogP contribution in [0, 0.1) is 88.3 Å². The van der Waals surface area contributed by atoms with E-state index in [-0.39, 0.29) is 24.6 Å². The van der Waals surface area contributed by atoms with Crippen LogP contribution in [0.2, 0.25) is 0 Å². The number of rotatable bonds is 1. The van der Waals surface area contributed by atoms with Gasteiger partial charge in [0.05, 0.1) is 28.8 Å². The molecule has 0 aromatic heterocycles. The normalized spacial score (nSPS) is 9.62. The highest BCUT2D eigenvalue weighted by molar-refractivity contribution is 9.10. The minimum Gasteiger partial charge on any atom is -0.358 e. The molecule has 0 atom stereocenters. The zero-order valence-electron chi connectivity index (χ0n) is 19.7. The van der Waals surface area contributed by atoms with Crippen LogP contribution in [0.25, 0.3) is 11.1 Å². The Kier molecular flexibility index (Phi) is 12.4. The molecule has 0 spiro atoms. The summed E-state index contributed by atoms with van der Waals surface area (Å²) in [5, 5.41) is 16.9. The third-order valence-electron chi connectivity index (χ3n) is 4.54. The summed E-state index contributed by atoms with van der Waals surface area (Å²) < 4.78 is 127. The van der Waals surface area contributed by atoms with E-state index in [4.69, 9.17) is 10.5 Å². The maximum atomic E-state index is 13.5. The number of halogens is 11. The predicted molar refractivity (Wildman–Crippen MR) is 128 cm³/mol. The van der Waals surface area contributed by atoms with Crippen molar-refractivity contribution >= 4 is 15.9 Å². The Balaban J connectivity index is 0.000000324. The van der Waals surface area contributed by atoms with Crippen molar-refractivity contribution in [2.75, 3.05) is 0 Å². The second-order valence-corrected chi connectivity index (χ2v) is 7.95. The standard InChI is InChI=1S/C13H4F5N.C7H4BrN.C6HF5.CH3/c14-9-8(7-3-1-6(5-19)2-4-7)10(15)12(17)13(18)11(9)16;8-7-3-1-6(5-9)2-4-7;7-2-1-3(8)5(10)6(11)4(2)9;/h1-4H;1-4H;1H;1H3/q;;;-1. The summed E-state index contributed by atoms with van der Waals surface area (Å²) in [5.74, 6) is -19.7. The number of benzene rings is 4. The number of nitriles is 2. The molecule has 4 rings (SSSR count). The van der Waals surface area contributed by atoms with Crippen LogP contribution in [0.4, 0.5) is 43.9 Å². The molecule has 0 amide bonds. The SMILES string of the molecule is Fc1cc(F)c(F)c(F)c1F.N#Cc1ccc(-c2c(F)c(F)c(F)c(F)c2F)cc1.N#Cc1ccc(Br)cc1.[CH3-]. The molecule has 0 aliphatic heterocycles. The summed E-state index contributed by atoms with van der Waals surface area (Å²) >= 11 is 3.27. The van der Waals surface area contributed by atoms with Crippen LogP contribution in [0.1, 0.15) is 11.1 Å². The van der Waals surface area contributed by atoms with Gasteiger partial charge < -0.3 is 7.43 Å². The Morgan fingerprint density at radius 3 is 1.18 bits per heavy atom. The number of nitrogens with zero attached hydrogens (tertiary/aromatic N) is 2. The lowest BCUT2D eigenvalue weighted by Gasteiger charge is -2.08. The summed E-state index contributed by atoms with van der Waals surface area (Å²) in [6.45, 7) is 0. The third-order valence-corrected chi connectivity index (χ3v) is 5.07. The summed E-state index contributed by atoms with van der Waals surface area (Å²) in [6, 6.07) is 15.6. The van der Waals surface area contributed by atoms with Crippen LogP contribution in [0.5, 0.6) is 0 Å². The predicted octanol–water partition coefficient (Wildman–Crippen LogP) is 9.07. The molecule has 0 bridgehead atoms. The van der Waals surface area contributed by atoms with E-state index in [1.165, 1.54) is 12.1 Å². The van der Waals surface area contributed by atoms with Crippen LogP contribution in [-0.4, -0.2) is 0 Å². The van der Waals surface area contributed by atoms with Crippen LogP contribution < -0.4 is 0 Å². The molecule has 0 radical (unpaired) electrons. The molecule has 0 aliphatic carbocycles. The van der Waals surface area contributed by atoms with E-state index in [9.17, 15) is 43.9 Å². The van der Waals surface area contributed by atoms with E-state index in [1.807, 2.05) is 18.2 Å². The first-order valence-corrected chi connectivity index (χ1v) is 10.8. The zero-order chi connectivity index (χ0) is 29.4. The van der Waals surface area contributed by atoms with Crippen molar-refractivity contribution < 1.29 is 43.9 Å². The highest BCUT2D eigenvalue weighted by atomic mass is 79.9. The Bertz CT molecular complexity index is 1520. The molecule has 0 heterocycles. The van der Waals surface area contributed by atoms with Gasteiger partial charge in [-0.25, -0.2) is 43.9 Å². The molecule has 0 N–H and O–H groups in total. The van der Waals surface area contributed by atoms with Gasteiger partial charge in [-0.2, -0.15) is 10.5 Å². The largest absolute Gasteiger partial charge is 0.358 e. The van der Waals surface area contributed by atoms with E-state index >= 15 is 0 Å². The first kappa shape index (κ1) is 33.7. The van der Waals surface area contributed by atoms with Crippen molar-refractivity contribution in [1.29, 1.82) is 10.5 Å². The van der Waals surface area contributed by atoms with E-state index in [0.717, 1.165) is 16.6 Å². The fraction of sp³-hybridized carbons (Fsp3) is 0. The topological polar surface area (TPSA) is 47.6 Å². The van der Waals surface area contributed by atoms with Crippen molar-refractivity contribution in [3.05, 3.63) is 136 Å². The van der Waals surface area contributed by atoms with E-state index in [0.29, 0.717) is 5.56 Å². The van der Waals surface area contributed by atoms with Gasteiger partial charge in [0.1, 0.15) is 0 Å². The highest BCUT2D eigenvalue weighted by Gasteiger charge is 2.26. The second-order valence-electron chi connectivity index (χ2n) is 7.03. The third kappa shape index (κ3) is 7.83. The second kappa shape index (κ2) is 14.7. The molecule has 0 saturated heterocycles. The molecular formula is C27H12BrF10N2-. The van der Waals surface area contributed by atoms with E-state index < -0.39 is 63.7 Å². The summed E-state index contributed by atoms with van der Waals surface area (Å²) in [7, 11) is 0. The molecule has 40 heavy (non-hydrogen) atoms. The molecular weight excluding hydrogens is 622 g/mol. The molecule has 13 heteroatoms. The van der Waals surface area contributed by atoms with Gasteiger partial charge in [-0.1, -0.05) is 28.1 Å². The lowest BCUT2D eigenvalue weighted by atomic mass is 10.0. The lowest BCUT2D eigenvalue weighted by molar-refractivity contribution is 0.378. The van der Waals surface area contributed by atoms with Gasteiger partial charge in [-0.05, 0) is 42.0 Å². The van der Waals surface area contributed by atoms with Crippen LogP contribution in [0.3, 0.4) is 0 Å². The average Bonchev–Trinajstić information content (AvgIpc) is 2.94. The molecule has 0 fully saturated rings. The molecule has 0 saturated carbocycles. The molecule has 4 aromatic rings. The number of hydrogen-bond donors (Lipinski definition) is 0. The highest BCUT2D eigenvalue weighted by Crippen LogP contribution is 2.31. The Labute approximate surface area is 229 Å². The molecule has 0 unspecified atom stereocenters. The lowest BCUT2D eigenvalue weighted by Crippen LogP contribution is -2.03. The smallest absolute Gasteiger partial charge is 0.200 e. The van der Waals surface area contributed by atoms with Gasteiger partial charge in [0.15, 0.2) is 46.5 Å². The molecule has 4 aromatic carbocycles. The van der Waals surface area contributed by atoms with E-state index in [2.05, 4.69) is 15.9 Å². The molecule has 0 aliphatic rings. The summed E-state index contributed by atoms with van der Waals surface area (Å²) in [5.41, 5.74) is -0.321. The van der Waals surface area contributed by atoms with Gasteiger partial charge in [0.25, 0.3) is 0 Å². The van der Waals surface area contributed by atoms with Crippen molar-refractivity contribution in [3.63, 3.8) is 0 Å². The Morgan fingerprint density at radius 1 is 0.475 bits per heavy atom. The van der Waals surface area contributed by atoms with E-state index in [1.54, 1.807) is 18.2 Å². The summed E-state index contributed by atoms with van der Waals surface area (Å²) in [4.78, 5) is 0. The van der Waals surface area contributed by atoms with Gasteiger partial charge in [0.2, 0.25) is 11.6 Å². The zero-order valence-corrected chi connectivity index (χ0v) is 21.3. The Hall–Kier alpha value is -4.36. The van der Waals surface area contributed by atoms with Crippen molar-refractivity contribution in [2.24, 2.45) is 0 Å². The van der Waals surface area contributed by atoms with Crippen molar-refractivity contribution in [1.82, 2.24) is 0 Å². The summed E-state index contributed by atoms with van der Waals surface area (Å²) in [6.07, 6.45) is 0. The van der Waals surface area contributed by atoms with Gasteiger partial charge in [-0.3, -0.25) is 0 Å². The molecule has 208 valence electrons. The average molecular weight is 634 g/mol. The van der Waals surface area contributed by atoms with Crippen LogP contribution in [0.15, 0.2) is 59.1 Å². The van der Waals surface area contributed by atoms with Gasteiger partial charge in [-0.15, -0.1) is 0 Å². The fourth-order valence-corrected chi connectivity index (χ4v) is 2.90. The maximum Gasteiger partial charge on any atom is 0.200 e. The first-order valence-electron chi connectivity index (χ1n) is 10.00. The quantitative estimate of drug-likeness (QED) is 0.0908. The van der Waals surface area contributed by atoms with Gasteiger partial charge in [0, 0.05) is 10.5 Å².